The van der Waals surface area contributed by atoms with Gasteiger partial charge in [-0.05, 0) is 43.5 Å². The molecule has 4 nitrogen and oxygen atoms in total. The number of para-hydroxylation sites is 1. The molecule has 1 aromatic carbocycles. The second-order valence-electron chi connectivity index (χ2n) is 4.59. The predicted molar refractivity (Wildman–Crippen MR) is 73.2 cm³/mol. The summed E-state index contributed by atoms with van der Waals surface area (Å²) in [6.07, 6.45) is 1.62. The number of hydrogen-bond donors (Lipinski definition) is 1. The first-order chi connectivity index (χ1) is 8.93. The minimum atomic E-state index is -1.19. The Morgan fingerprint density at radius 3 is 2.16 bits per heavy atom. The molecular formula is C15H15NO3. The van der Waals surface area contributed by atoms with Gasteiger partial charge in [-0.15, -0.1) is 0 Å². The van der Waals surface area contributed by atoms with E-state index < -0.39 is 11.5 Å². The van der Waals surface area contributed by atoms with Gasteiger partial charge in [-0.2, -0.15) is 0 Å². The summed E-state index contributed by atoms with van der Waals surface area (Å²) in [5.41, 5.74) is 2.41. The number of carboxylic acid groups (broad SMARTS) is 1. The van der Waals surface area contributed by atoms with Crippen LogP contribution in [0.3, 0.4) is 0 Å². The van der Waals surface area contributed by atoms with E-state index in [9.17, 15) is 9.59 Å². The van der Waals surface area contributed by atoms with E-state index >= 15 is 0 Å². The maximum absolute atomic E-state index is 12.3. The van der Waals surface area contributed by atoms with Crippen molar-refractivity contribution in [2.45, 2.75) is 20.8 Å². The molecule has 0 spiro atoms. The summed E-state index contributed by atoms with van der Waals surface area (Å²) in [6.45, 7) is 5.42. The summed E-state index contributed by atoms with van der Waals surface area (Å²) in [5.74, 6) is -1.19. The average molecular weight is 257 g/mol. The van der Waals surface area contributed by atoms with Crippen molar-refractivity contribution >= 4 is 5.97 Å². The number of aromatic carboxylic acids is 1. The van der Waals surface area contributed by atoms with Crippen LogP contribution in [0.1, 0.15) is 27.0 Å². The fourth-order valence-electron chi connectivity index (χ4n) is 2.25. The number of nitrogens with zero attached hydrogens (tertiary/aromatic N) is 1. The standard InChI is InChI=1S/C15H15NO3/c1-9-7-8-16(14(17)12(9)15(18)19)13-10(2)5-4-6-11(13)3/h4-8H,1-3H3,(H,18,19). The Balaban J connectivity index is 2.82. The molecule has 0 bridgehead atoms. The van der Waals surface area contributed by atoms with Gasteiger partial charge >= 0.3 is 5.97 Å². The maximum Gasteiger partial charge on any atom is 0.341 e. The molecule has 0 atom stereocenters. The van der Waals surface area contributed by atoms with Crippen LogP contribution in [0.4, 0.5) is 0 Å². The molecular weight excluding hydrogens is 242 g/mol. The zero-order valence-corrected chi connectivity index (χ0v) is 11.1. The van der Waals surface area contributed by atoms with Gasteiger partial charge in [0.25, 0.3) is 5.56 Å². The lowest BCUT2D eigenvalue weighted by Gasteiger charge is -2.13. The van der Waals surface area contributed by atoms with Gasteiger partial charge in [-0.25, -0.2) is 4.79 Å². The molecule has 19 heavy (non-hydrogen) atoms. The molecule has 0 radical (unpaired) electrons. The van der Waals surface area contributed by atoms with Crippen LogP contribution in [-0.4, -0.2) is 15.6 Å². The first-order valence-electron chi connectivity index (χ1n) is 5.95. The lowest BCUT2D eigenvalue weighted by atomic mass is 10.1. The van der Waals surface area contributed by atoms with Gasteiger partial charge in [0.05, 0.1) is 5.69 Å². The van der Waals surface area contributed by atoms with E-state index in [4.69, 9.17) is 5.11 Å². The molecule has 0 saturated carbocycles. The van der Waals surface area contributed by atoms with Crippen LogP contribution in [0, 0.1) is 20.8 Å². The summed E-state index contributed by atoms with van der Waals surface area (Å²) in [7, 11) is 0. The quantitative estimate of drug-likeness (QED) is 0.899. The molecule has 1 heterocycles. The number of aromatic nitrogens is 1. The third-order valence-electron chi connectivity index (χ3n) is 3.19. The van der Waals surface area contributed by atoms with E-state index in [1.165, 1.54) is 4.57 Å². The van der Waals surface area contributed by atoms with E-state index in [0.717, 1.165) is 16.8 Å². The number of carboxylic acids is 1. The molecule has 0 aliphatic carbocycles. The van der Waals surface area contributed by atoms with E-state index in [2.05, 4.69) is 0 Å². The number of rotatable bonds is 2. The van der Waals surface area contributed by atoms with E-state index in [-0.39, 0.29) is 5.56 Å². The van der Waals surface area contributed by atoms with Crippen molar-refractivity contribution in [3.8, 4) is 5.69 Å². The summed E-state index contributed by atoms with van der Waals surface area (Å²) in [5, 5.41) is 9.14. The first-order valence-corrected chi connectivity index (χ1v) is 5.95. The summed E-state index contributed by atoms with van der Waals surface area (Å²) >= 11 is 0. The molecule has 0 aliphatic heterocycles. The minimum absolute atomic E-state index is 0.176. The highest BCUT2D eigenvalue weighted by atomic mass is 16.4. The second kappa shape index (κ2) is 4.72. The van der Waals surface area contributed by atoms with Crippen LogP contribution >= 0.6 is 0 Å². The molecule has 4 heteroatoms. The Bertz CT molecular complexity index is 694. The molecule has 1 aromatic heterocycles. The summed E-state index contributed by atoms with van der Waals surface area (Å²) < 4.78 is 1.40. The van der Waals surface area contributed by atoms with Crippen LogP contribution in [-0.2, 0) is 0 Å². The fraction of sp³-hybridized carbons (Fsp3) is 0.200. The van der Waals surface area contributed by atoms with Gasteiger partial charge in [0.2, 0.25) is 0 Å². The highest BCUT2D eigenvalue weighted by molar-refractivity contribution is 5.88. The van der Waals surface area contributed by atoms with Crippen molar-refractivity contribution in [3.63, 3.8) is 0 Å². The third kappa shape index (κ3) is 2.17. The van der Waals surface area contributed by atoms with Crippen LogP contribution in [0.5, 0.6) is 0 Å². The van der Waals surface area contributed by atoms with Gasteiger partial charge in [0.15, 0.2) is 0 Å². The van der Waals surface area contributed by atoms with Crippen molar-refractivity contribution in [1.82, 2.24) is 4.57 Å². The molecule has 0 amide bonds. The van der Waals surface area contributed by atoms with E-state index in [1.54, 1.807) is 19.2 Å². The van der Waals surface area contributed by atoms with Crippen molar-refractivity contribution in [2.75, 3.05) is 0 Å². The smallest absolute Gasteiger partial charge is 0.341 e. The Morgan fingerprint density at radius 2 is 1.63 bits per heavy atom. The minimum Gasteiger partial charge on any atom is -0.477 e. The maximum atomic E-state index is 12.3. The first kappa shape index (κ1) is 13.1. The number of carbonyl (C=O) groups is 1. The second-order valence-corrected chi connectivity index (χ2v) is 4.59. The van der Waals surface area contributed by atoms with Gasteiger partial charge in [-0.3, -0.25) is 9.36 Å². The zero-order chi connectivity index (χ0) is 14.2. The van der Waals surface area contributed by atoms with Gasteiger partial charge in [-0.1, -0.05) is 18.2 Å². The topological polar surface area (TPSA) is 59.3 Å². The molecule has 0 aliphatic rings. The van der Waals surface area contributed by atoms with Crippen LogP contribution < -0.4 is 5.56 Å². The highest BCUT2D eigenvalue weighted by Gasteiger charge is 2.16. The molecule has 2 aromatic rings. The lowest BCUT2D eigenvalue weighted by Crippen LogP contribution is -2.27. The van der Waals surface area contributed by atoms with Crippen molar-refractivity contribution in [3.05, 3.63) is 63.1 Å². The number of aryl methyl sites for hydroxylation is 3. The summed E-state index contributed by atoms with van der Waals surface area (Å²) in [6, 6.07) is 7.35. The largest absolute Gasteiger partial charge is 0.477 e. The van der Waals surface area contributed by atoms with Crippen molar-refractivity contribution < 1.29 is 9.90 Å². The van der Waals surface area contributed by atoms with Crippen molar-refractivity contribution in [1.29, 1.82) is 0 Å². The summed E-state index contributed by atoms with van der Waals surface area (Å²) in [4.78, 5) is 23.5. The monoisotopic (exact) mass is 257 g/mol. The van der Waals surface area contributed by atoms with E-state index in [0.29, 0.717) is 5.56 Å². The molecule has 0 saturated heterocycles. The fourth-order valence-corrected chi connectivity index (χ4v) is 2.25. The third-order valence-corrected chi connectivity index (χ3v) is 3.19. The SMILES string of the molecule is Cc1cccc(C)c1-n1ccc(C)c(C(=O)O)c1=O. The average Bonchev–Trinajstić information content (AvgIpc) is 2.31. The molecule has 2 rings (SSSR count). The zero-order valence-electron chi connectivity index (χ0n) is 11.1. The van der Waals surface area contributed by atoms with Crippen molar-refractivity contribution in [2.24, 2.45) is 0 Å². The Morgan fingerprint density at radius 1 is 1.05 bits per heavy atom. The molecule has 0 unspecified atom stereocenters. The van der Waals surface area contributed by atoms with Gasteiger partial charge < -0.3 is 5.11 Å². The number of pyridine rings is 1. The highest BCUT2D eigenvalue weighted by Crippen LogP contribution is 2.17. The molecule has 98 valence electrons. The normalized spacial score (nSPS) is 10.5. The van der Waals surface area contributed by atoms with Gasteiger partial charge in [0, 0.05) is 6.20 Å². The van der Waals surface area contributed by atoms with Crippen LogP contribution in [0.2, 0.25) is 0 Å². The van der Waals surface area contributed by atoms with Gasteiger partial charge in [0.1, 0.15) is 5.56 Å². The number of hydrogen-bond acceptors (Lipinski definition) is 2. The number of benzene rings is 1. The van der Waals surface area contributed by atoms with E-state index in [1.807, 2.05) is 32.0 Å². The Hall–Kier alpha value is -2.36. The lowest BCUT2D eigenvalue weighted by molar-refractivity contribution is 0.0693. The predicted octanol–water partition coefficient (Wildman–Crippen LogP) is 2.46. The molecule has 0 fully saturated rings. The van der Waals surface area contributed by atoms with Crippen LogP contribution in [0.15, 0.2) is 35.3 Å². The van der Waals surface area contributed by atoms with Crippen LogP contribution in [0.25, 0.3) is 5.69 Å². The Labute approximate surface area is 110 Å². The Kier molecular flexibility index (Phi) is 3.25. The molecule has 1 N–H and O–H groups in total.